The van der Waals surface area contributed by atoms with Crippen LogP contribution in [0.1, 0.15) is 12.5 Å². The first-order valence-electron chi connectivity index (χ1n) is 6.76. The van der Waals surface area contributed by atoms with Crippen LogP contribution in [0.3, 0.4) is 0 Å². The number of hydrogen-bond acceptors (Lipinski definition) is 2. The van der Waals surface area contributed by atoms with Gasteiger partial charge < -0.3 is 10.1 Å². The SMILES string of the molecule is C[C@@H](Oc1ccc(Cl)cc1)C(=O)Nc1cc(C(F)(F)F)ccc1Cl. The maximum atomic E-state index is 12.7. The molecular formula is C16H12Cl2F3NO2. The third-order valence-corrected chi connectivity index (χ3v) is 3.63. The first-order chi connectivity index (χ1) is 11.2. The van der Waals surface area contributed by atoms with E-state index >= 15 is 0 Å². The Bertz CT molecular complexity index is 733. The highest BCUT2D eigenvalue weighted by molar-refractivity contribution is 6.33. The van der Waals surface area contributed by atoms with Crippen LogP contribution in [-0.2, 0) is 11.0 Å². The van der Waals surface area contributed by atoms with Gasteiger partial charge in [-0.25, -0.2) is 0 Å². The van der Waals surface area contributed by atoms with Gasteiger partial charge >= 0.3 is 6.18 Å². The molecule has 0 bridgehead atoms. The van der Waals surface area contributed by atoms with Crippen molar-refractivity contribution < 1.29 is 22.7 Å². The largest absolute Gasteiger partial charge is 0.481 e. The van der Waals surface area contributed by atoms with Crippen molar-refractivity contribution in [3.05, 3.63) is 58.1 Å². The highest BCUT2D eigenvalue weighted by Crippen LogP contribution is 2.33. The van der Waals surface area contributed by atoms with E-state index in [0.29, 0.717) is 10.8 Å². The molecular weight excluding hydrogens is 366 g/mol. The lowest BCUT2D eigenvalue weighted by atomic mass is 10.2. The Balaban J connectivity index is 2.09. The predicted octanol–water partition coefficient (Wildman–Crippen LogP) is 5.42. The molecule has 128 valence electrons. The second-order valence-corrected chi connectivity index (χ2v) is 5.74. The van der Waals surface area contributed by atoms with E-state index in [1.54, 1.807) is 24.3 Å². The fraction of sp³-hybridized carbons (Fsp3) is 0.188. The zero-order chi connectivity index (χ0) is 17.9. The van der Waals surface area contributed by atoms with Gasteiger partial charge in [0, 0.05) is 5.02 Å². The van der Waals surface area contributed by atoms with E-state index in [9.17, 15) is 18.0 Å². The Morgan fingerprint density at radius 2 is 1.75 bits per heavy atom. The van der Waals surface area contributed by atoms with Crippen LogP contribution in [0, 0.1) is 0 Å². The van der Waals surface area contributed by atoms with Crippen molar-refractivity contribution in [3.8, 4) is 5.75 Å². The predicted molar refractivity (Wildman–Crippen MR) is 86.6 cm³/mol. The van der Waals surface area contributed by atoms with Gasteiger partial charge in [0.25, 0.3) is 5.91 Å². The lowest BCUT2D eigenvalue weighted by Gasteiger charge is -2.16. The second kappa shape index (κ2) is 7.32. The van der Waals surface area contributed by atoms with Gasteiger partial charge in [-0.1, -0.05) is 23.2 Å². The van der Waals surface area contributed by atoms with E-state index < -0.39 is 23.8 Å². The Labute approximate surface area is 146 Å². The minimum absolute atomic E-state index is 0.00459. The van der Waals surface area contributed by atoms with Gasteiger partial charge in [0.2, 0.25) is 0 Å². The molecule has 0 aliphatic carbocycles. The van der Waals surface area contributed by atoms with Gasteiger partial charge in [0.1, 0.15) is 5.75 Å². The molecule has 0 radical (unpaired) electrons. The Hall–Kier alpha value is -1.92. The molecule has 2 rings (SSSR count). The van der Waals surface area contributed by atoms with Crippen LogP contribution in [0.2, 0.25) is 10.0 Å². The summed E-state index contributed by atoms with van der Waals surface area (Å²) in [5.74, 6) is -0.233. The van der Waals surface area contributed by atoms with E-state index in [1.807, 2.05) is 0 Å². The van der Waals surface area contributed by atoms with Gasteiger partial charge in [-0.2, -0.15) is 13.2 Å². The molecule has 2 aromatic rings. The number of halogens is 5. The van der Waals surface area contributed by atoms with Crippen LogP contribution in [-0.4, -0.2) is 12.0 Å². The molecule has 1 N–H and O–H groups in total. The molecule has 0 spiro atoms. The van der Waals surface area contributed by atoms with Crippen LogP contribution in [0.4, 0.5) is 18.9 Å². The highest BCUT2D eigenvalue weighted by atomic mass is 35.5. The standard InChI is InChI=1S/C16H12Cl2F3NO2/c1-9(24-12-5-3-11(17)4-6-12)15(23)22-14-8-10(16(19,20)21)2-7-13(14)18/h2-9H,1H3,(H,22,23)/t9-/m1/s1. The van der Waals surface area contributed by atoms with Gasteiger partial charge in [0.15, 0.2) is 6.10 Å². The maximum absolute atomic E-state index is 12.7. The van der Waals surface area contributed by atoms with Crippen LogP contribution in [0.25, 0.3) is 0 Å². The first-order valence-corrected chi connectivity index (χ1v) is 7.52. The summed E-state index contributed by atoms with van der Waals surface area (Å²) >= 11 is 11.6. The summed E-state index contributed by atoms with van der Waals surface area (Å²) in [6.45, 7) is 1.46. The van der Waals surface area contributed by atoms with E-state index in [-0.39, 0.29) is 10.7 Å². The summed E-state index contributed by atoms with van der Waals surface area (Å²) in [5.41, 5.74) is -1.04. The van der Waals surface area contributed by atoms with Gasteiger partial charge in [-0.15, -0.1) is 0 Å². The van der Waals surface area contributed by atoms with E-state index in [2.05, 4.69) is 5.32 Å². The molecule has 1 amide bonds. The summed E-state index contributed by atoms with van der Waals surface area (Å²) in [5, 5.41) is 2.84. The molecule has 1 atom stereocenters. The third kappa shape index (κ3) is 4.79. The van der Waals surface area contributed by atoms with Crippen LogP contribution < -0.4 is 10.1 Å². The fourth-order valence-electron chi connectivity index (χ4n) is 1.80. The van der Waals surface area contributed by atoms with Crippen molar-refractivity contribution in [3.63, 3.8) is 0 Å². The second-order valence-electron chi connectivity index (χ2n) is 4.90. The molecule has 24 heavy (non-hydrogen) atoms. The molecule has 0 aliphatic heterocycles. The van der Waals surface area contributed by atoms with Crippen LogP contribution in [0.15, 0.2) is 42.5 Å². The number of ether oxygens (including phenoxy) is 1. The van der Waals surface area contributed by atoms with Crippen molar-refractivity contribution >= 4 is 34.8 Å². The number of carbonyl (C=O) groups is 1. The monoisotopic (exact) mass is 377 g/mol. The van der Waals surface area contributed by atoms with E-state index in [1.165, 1.54) is 6.92 Å². The summed E-state index contributed by atoms with van der Waals surface area (Å²) in [6, 6.07) is 9.01. The number of amides is 1. The molecule has 0 fully saturated rings. The van der Waals surface area contributed by atoms with E-state index in [4.69, 9.17) is 27.9 Å². The summed E-state index contributed by atoms with van der Waals surface area (Å²) in [4.78, 5) is 12.1. The molecule has 0 unspecified atom stereocenters. The number of nitrogens with one attached hydrogen (secondary N) is 1. The quantitative estimate of drug-likeness (QED) is 0.772. The Morgan fingerprint density at radius 1 is 1.12 bits per heavy atom. The van der Waals surface area contributed by atoms with E-state index in [0.717, 1.165) is 18.2 Å². The van der Waals surface area contributed by atoms with Crippen LogP contribution >= 0.6 is 23.2 Å². The average Bonchev–Trinajstić information content (AvgIpc) is 2.50. The zero-order valence-electron chi connectivity index (χ0n) is 12.3. The van der Waals surface area contributed by atoms with Crippen molar-refractivity contribution in [2.24, 2.45) is 0 Å². The minimum atomic E-state index is -4.53. The normalized spacial score (nSPS) is 12.6. The van der Waals surface area contributed by atoms with Gasteiger partial charge in [-0.3, -0.25) is 4.79 Å². The average molecular weight is 378 g/mol. The zero-order valence-corrected chi connectivity index (χ0v) is 13.8. The summed E-state index contributed by atoms with van der Waals surface area (Å²) < 4.78 is 43.6. The molecule has 0 aromatic heterocycles. The fourth-order valence-corrected chi connectivity index (χ4v) is 2.09. The number of rotatable bonds is 4. The van der Waals surface area contributed by atoms with Crippen molar-refractivity contribution in [2.75, 3.05) is 5.32 Å². The highest BCUT2D eigenvalue weighted by Gasteiger charge is 2.31. The van der Waals surface area contributed by atoms with Crippen molar-refractivity contribution in [1.82, 2.24) is 0 Å². The molecule has 0 aliphatic rings. The maximum Gasteiger partial charge on any atom is 0.416 e. The minimum Gasteiger partial charge on any atom is -0.481 e. The number of benzene rings is 2. The molecule has 3 nitrogen and oxygen atoms in total. The molecule has 0 saturated carbocycles. The topological polar surface area (TPSA) is 38.3 Å². The van der Waals surface area contributed by atoms with Gasteiger partial charge in [0.05, 0.1) is 16.3 Å². The smallest absolute Gasteiger partial charge is 0.416 e. The lowest BCUT2D eigenvalue weighted by Crippen LogP contribution is -2.30. The number of carbonyl (C=O) groups excluding carboxylic acids is 1. The first kappa shape index (κ1) is 18.4. The summed E-state index contributed by atoms with van der Waals surface area (Å²) in [7, 11) is 0. The molecule has 8 heteroatoms. The number of hydrogen-bond donors (Lipinski definition) is 1. The Morgan fingerprint density at radius 3 is 2.33 bits per heavy atom. The van der Waals surface area contributed by atoms with Crippen molar-refractivity contribution in [2.45, 2.75) is 19.2 Å². The molecule has 2 aromatic carbocycles. The summed E-state index contributed by atoms with van der Waals surface area (Å²) in [6.07, 6.45) is -5.48. The van der Waals surface area contributed by atoms with Crippen LogP contribution in [0.5, 0.6) is 5.75 Å². The lowest BCUT2D eigenvalue weighted by molar-refractivity contribution is -0.137. The van der Waals surface area contributed by atoms with Gasteiger partial charge in [-0.05, 0) is 49.4 Å². The number of anilines is 1. The molecule has 0 saturated heterocycles. The Kier molecular flexibility index (Phi) is 5.62. The molecule has 0 heterocycles. The number of alkyl halides is 3. The van der Waals surface area contributed by atoms with Crippen molar-refractivity contribution in [1.29, 1.82) is 0 Å². The third-order valence-electron chi connectivity index (χ3n) is 3.05.